The summed E-state index contributed by atoms with van der Waals surface area (Å²) in [4.78, 5) is 13.8. The molecule has 4 heteroatoms. The number of hydrogen-bond acceptors (Lipinski definition) is 3. The lowest BCUT2D eigenvalue weighted by Gasteiger charge is -2.25. The molecule has 2 rings (SSSR count). The van der Waals surface area contributed by atoms with Crippen molar-refractivity contribution in [3.8, 4) is 0 Å². The Labute approximate surface area is 89.0 Å². The van der Waals surface area contributed by atoms with E-state index in [9.17, 15) is 4.79 Å². The number of carbonyl (C=O) groups is 1. The molecule has 15 heavy (non-hydrogen) atoms. The third kappa shape index (κ3) is 2.21. The zero-order valence-corrected chi connectivity index (χ0v) is 8.74. The van der Waals surface area contributed by atoms with E-state index in [0.717, 1.165) is 31.5 Å². The minimum absolute atomic E-state index is 0.00519. The Kier molecular flexibility index (Phi) is 3.06. The third-order valence-electron chi connectivity index (χ3n) is 2.74. The maximum Gasteiger partial charge on any atom is 0.289 e. The number of hydrogen-bond donors (Lipinski definition) is 1. The molecule has 1 amide bonds. The lowest BCUT2D eigenvalue weighted by atomic mass is 10.1. The molecule has 1 saturated heterocycles. The summed E-state index contributed by atoms with van der Waals surface area (Å²) in [6.07, 6.45) is 4.96. The number of nitrogens with two attached hydrogens (primary N) is 1. The number of nitrogens with zero attached hydrogens (tertiary/aromatic N) is 1. The largest absolute Gasteiger partial charge is 0.459 e. The molecule has 1 fully saturated rings. The van der Waals surface area contributed by atoms with Crippen LogP contribution < -0.4 is 5.73 Å². The Morgan fingerprint density at radius 3 is 2.73 bits per heavy atom. The van der Waals surface area contributed by atoms with Gasteiger partial charge in [-0.3, -0.25) is 4.79 Å². The molecule has 0 unspecified atom stereocenters. The molecule has 0 bridgehead atoms. The second kappa shape index (κ2) is 4.49. The van der Waals surface area contributed by atoms with E-state index in [1.165, 1.54) is 6.42 Å². The molecule has 2 N–H and O–H groups in total. The first-order valence-corrected chi connectivity index (χ1v) is 5.38. The van der Waals surface area contributed by atoms with Gasteiger partial charge in [-0.05, 0) is 25.3 Å². The van der Waals surface area contributed by atoms with Gasteiger partial charge in [0, 0.05) is 25.2 Å². The number of rotatable bonds is 2. The highest BCUT2D eigenvalue weighted by molar-refractivity contribution is 5.91. The number of furan rings is 1. The van der Waals surface area contributed by atoms with Crippen LogP contribution in [0.5, 0.6) is 0 Å². The van der Waals surface area contributed by atoms with Crippen molar-refractivity contribution >= 4 is 5.91 Å². The smallest absolute Gasteiger partial charge is 0.289 e. The van der Waals surface area contributed by atoms with Crippen LogP contribution in [0.4, 0.5) is 0 Å². The molecule has 0 aromatic carbocycles. The van der Waals surface area contributed by atoms with Crippen LogP contribution in [0.3, 0.4) is 0 Å². The fraction of sp³-hybridized carbons (Fsp3) is 0.545. The molecule has 2 heterocycles. The van der Waals surface area contributed by atoms with Gasteiger partial charge in [-0.1, -0.05) is 0 Å². The van der Waals surface area contributed by atoms with E-state index in [1.54, 1.807) is 12.3 Å². The SMILES string of the molecule is NCc1coc(C(=O)N2CCCCC2)c1. The van der Waals surface area contributed by atoms with Gasteiger partial charge in [-0.25, -0.2) is 0 Å². The van der Waals surface area contributed by atoms with Gasteiger partial charge in [0.2, 0.25) is 0 Å². The van der Waals surface area contributed by atoms with Crippen molar-refractivity contribution in [2.45, 2.75) is 25.8 Å². The molecule has 1 aliphatic heterocycles. The van der Waals surface area contributed by atoms with Crippen molar-refractivity contribution in [3.63, 3.8) is 0 Å². The molecule has 0 saturated carbocycles. The monoisotopic (exact) mass is 208 g/mol. The minimum atomic E-state index is -0.00519. The maximum absolute atomic E-state index is 11.9. The molecule has 0 spiro atoms. The van der Waals surface area contributed by atoms with Crippen LogP contribution in [0.25, 0.3) is 0 Å². The van der Waals surface area contributed by atoms with Gasteiger partial charge < -0.3 is 15.1 Å². The molecule has 1 aromatic rings. The first-order valence-electron chi connectivity index (χ1n) is 5.38. The highest BCUT2D eigenvalue weighted by atomic mass is 16.3. The summed E-state index contributed by atoms with van der Waals surface area (Å²) in [6.45, 7) is 2.10. The highest BCUT2D eigenvalue weighted by Gasteiger charge is 2.20. The quantitative estimate of drug-likeness (QED) is 0.798. The van der Waals surface area contributed by atoms with E-state index in [0.29, 0.717) is 12.3 Å². The Balaban J connectivity index is 2.05. The normalized spacial score (nSPS) is 16.7. The first-order chi connectivity index (χ1) is 7.31. The van der Waals surface area contributed by atoms with Crippen LogP contribution in [0.15, 0.2) is 16.7 Å². The first kappa shape index (κ1) is 10.2. The topological polar surface area (TPSA) is 59.5 Å². The minimum Gasteiger partial charge on any atom is -0.459 e. The van der Waals surface area contributed by atoms with Gasteiger partial charge in [0.25, 0.3) is 5.91 Å². The number of piperidine rings is 1. The van der Waals surface area contributed by atoms with E-state index in [2.05, 4.69) is 0 Å². The fourth-order valence-corrected chi connectivity index (χ4v) is 1.85. The molecule has 0 radical (unpaired) electrons. The summed E-state index contributed by atoms with van der Waals surface area (Å²) >= 11 is 0. The predicted molar refractivity (Wildman–Crippen MR) is 56.4 cm³/mol. The molecule has 1 aliphatic rings. The van der Waals surface area contributed by atoms with Crippen LogP contribution in [-0.4, -0.2) is 23.9 Å². The average Bonchev–Trinajstić information content (AvgIpc) is 2.78. The lowest BCUT2D eigenvalue weighted by Crippen LogP contribution is -2.35. The Hall–Kier alpha value is -1.29. The predicted octanol–water partition coefficient (Wildman–Crippen LogP) is 1.36. The summed E-state index contributed by atoms with van der Waals surface area (Å²) in [5, 5.41) is 0. The van der Waals surface area contributed by atoms with Crippen LogP contribution in [0, 0.1) is 0 Å². The zero-order valence-electron chi connectivity index (χ0n) is 8.74. The standard InChI is InChI=1S/C11H16N2O2/c12-7-9-6-10(15-8-9)11(14)13-4-2-1-3-5-13/h6,8H,1-5,7,12H2. The summed E-state index contributed by atoms with van der Waals surface area (Å²) in [5.74, 6) is 0.409. The third-order valence-corrected chi connectivity index (χ3v) is 2.74. The van der Waals surface area contributed by atoms with Gasteiger partial charge in [-0.15, -0.1) is 0 Å². The Morgan fingerprint density at radius 2 is 2.13 bits per heavy atom. The molecule has 82 valence electrons. The number of amides is 1. The van der Waals surface area contributed by atoms with Gasteiger partial charge in [0.15, 0.2) is 5.76 Å². The van der Waals surface area contributed by atoms with E-state index in [4.69, 9.17) is 10.2 Å². The summed E-state index contributed by atoms with van der Waals surface area (Å²) in [6, 6.07) is 1.73. The summed E-state index contributed by atoms with van der Waals surface area (Å²) < 4.78 is 5.20. The average molecular weight is 208 g/mol. The molecule has 0 aliphatic carbocycles. The molecule has 4 nitrogen and oxygen atoms in total. The number of carbonyl (C=O) groups excluding carboxylic acids is 1. The van der Waals surface area contributed by atoms with Crippen molar-refractivity contribution in [2.24, 2.45) is 5.73 Å². The van der Waals surface area contributed by atoms with Gasteiger partial charge in [-0.2, -0.15) is 0 Å². The van der Waals surface area contributed by atoms with E-state index >= 15 is 0 Å². The van der Waals surface area contributed by atoms with Crippen molar-refractivity contribution in [1.29, 1.82) is 0 Å². The zero-order chi connectivity index (χ0) is 10.7. The van der Waals surface area contributed by atoms with Gasteiger partial charge in [0.1, 0.15) is 0 Å². The lowest BCUT2D eigenvalue weighted by molar-refractivity contribution is 0.0692. The van der Waals surface area contributed by atoms with Crippen molar-refractivity contribution < 1.29 is 9.21 Å². The van der Waals surface area contributed by atoms with Gasteiger partial charge >= 0.3 is 0 Å². The second-order valence-electron chi connectivity index (χ2n) is 3.88. The maximum atomic E-state index is 11.9. The molecular formula is C11H16N2O2. The molecule has 0 atom stereocenters. The Morgan fingerprint density at radius 1 is 1.40 bits per heavy atom. The van der Waals surface area contributed by atoms with Gasteiger partial charge in [0.05, 0.1) is 6.26 Å². The molecule has 1 aromatic heterocycles. The van der Waals surface area contributed by atoms with E-state index in [-0.39, 0.29) is 5.91 Å². The number of likely N-dealkylation sites (tertiary alicyclic amines) is 1. The summed E-state index contributed by atoms with van der Waals surface area (Å²) in [7, 11) is 0. The Bertz CT molecular complexity index is 340. The van der Waals surface area contributed by atoms with Crippen LogP contribution >= 0.6 is 0 Å². The van der Waals surface area contributed by atoms with Crippen LogP contribution in [0.1, 0.15) is 35.4 Å². The molecular weight excluding hydrogens is 192 g/mol. The van der Waals surface area contributed by atoms with Crippen molar-refractivity contribution in [1.82, 2.24) is 4.90 Å². The second-order valence-corrected chi connectivity index (χ2v) is 3.88. The van der Waals surface area contributed by atoms with Crippen molar-refractivity contribution in [2.75, 3.05) is 13.1 Å². The van der Waals surface area contributed by atoms with Crippen LogP contribution in [-0.2, 0) is 6.54 Å². The summed E-state index contributed by atoms with van der Waals surface area (Å²) in [5.41, 5.74) is 6.33. The van der Waals surface area contributed by atoms with E-state index < -0.39 is 0 Å². The van der Waals surface area contributed by atoms with E-state index in [1.807, 2.05) is 4.90 Å². The van der Waals surface area contributed by atoms with Crippen molar-refractivity contribution in [3.05, 3.63) is 23.7 Å². The fourth-order valence-electron chi connectivity index (χ4n) is 1.85. The highest BCUT2D eigenvalue weighted by Crippen LogP contribution is 2.15. The van der Waals surface area contributed by atoms with Crippen LogP contribution in [0.2, 0.25) is 0 Å².